The highest BCUT2D eigenvalue weighted by Crippen LogP contribution is 2.15. The van der Waals surface area contributed by atoms with Gasteiger partial charge in [0.2, 0.25) is 5.91 Å². The summed E-state index contributed by atoms with van der Waals surface area (Å²) in [5.74, 6) is 0.404. The Bertz CT molecular complexity index is 649. The Balaban J connectivity index is 0.00000312. The third kappa shape index (κ3) is 7.42. The molecule has 0 spiro atoms. The Hall–Kier alpha value is -1.63. The molecule has 0 aliphatic carbocycles. The molecule has 0 radical (unpaired) electrons. The summed E-state index contributed by atoms with van der Waals surface area (Å²) in [6.07, 6.45) is 0.831. The molecule has 1 heterocycles. The number of hydrogen-bond acceptors (Lipinski definition) is 5. The fourth-order valence-corrected chi connectivity index (χ4v) is 3.25. The van der Waals surface area contributed by atoms with Gasteiger partial charge in [-0.25, -0.2) is 9.97 Å². The standard InChI is InChI=1S/C18H24N4OS.ClH/c1-14-12-15(2)21-18(20-14)24-13-17(23)22(11-9-19)10-8-16-6-4-3-5-7-16;/h3-7,12H,8-11,13,19H2,1-2H3;1H. The number of carbonyl (C=O) groups excluding carboxylic acids is 1. The smallest absolute Gasteiger partial charge is 0.233 e. The summed E-state index contributed by atoms with van der Waals surface area (Å²) in [7, 11) is 0. The van der Waals surface area contributed by atoms with Crippen LogP contribution in [0.3, 0.4) is 0 Å². The SMILES string of the molecule is Cc1cc(C)nc(SCC(=O)N(CCN)CCc2ccccc2)n1.Cl. The number of aryl methyl sites for hydroxylation is 2. The van der Waals surface area contributed by atoms with Gasteiger partial charge in [-0.1, -0.05) is 42.1 Å². The van der Waals surface area contributed by atoms with Crippen LogP contribution in [-0.2, 0) is 11.2 Å². The summed E-state index contributed by atoms with van der Waals surface area (Å²) in [5.41, 5.74) is 8.71. The molecule has 25 heavy (non-hydrogen) atoms. The zero-order chi connectivity index (χ0) is 17.4. The van der Waals surface area contributed by atoms with Gasteiger partial charge in [0.05, 0.1) is 5.75 Å². The second kappa shape index (κ2) is 11.1. The first-order valence-corrected chi connectivity index (χ1v) is 9.04. The van der Waals surface area contributed by atoms with Gasteiger partial charge in [0.1, 0.15) is 0 Å². The summed E-state index contributed by atoms with van der Waals surface area (Å²) < 4.78 is 0. The maximum atomic E-state index is 12.5. The number of halogens is 1. The third-order valence-corrected chi connectivity index (χ3v) is 4.38. The number of hydrogen-bond donors (Lipinski definition) is 1. The molecule has 1 aromatic carbocycles. The van der Waals surface area contributed by atoms with Gasteiger partial charge >= 0.3 is 0 Å². The molecule has 0 atom stereocenters. The lowest BCUT2D eigenvalue weighted by molar-refractivity contribution is -0.128. The summed E-state index contributed by atoms with van der Waals surface area (Å²) >= 11 is 1.38. The van der Waals surface area contributed by atoms with E-state index in [4.69, 9.17) is 5.73 Å². The highest BCUT2D eigenvalue weighted by atomic mass is 35.5. The largest absolute Gasteiger partial charge is 0.340 e. The van der Waals surface area contributed by atoms with Crippen LogP contribution in [-0.4, -0.2) is 46.2 Å². The Morgan fingerprint density at radius 2 is 1.76 bits per heavy atom. The molecule has 2 aromatic rings. The molecular formula is C18H25ClN4OS. The van der Waals surface area contributed by atoms with Crippen molar-refractivity contribution in [2.24, 2.45) is 5.73 Å². The molecule has 1 aromatic heterocycles. The first-order valence-electron chi connectivity index (χ1n) is 8.05. The second-order valence-electron chi connectivity index (χ2n) is 5.63. The van der Waals surface area contributed by atoms with E-state index in [0.717, 1.165) is 17.8 Å². The van der Waals surface area contributed by atoms with Crippen molar-refractivity contribution in [1.82, 2.24) is 14.9 Å². The minimum Gasteiger partial charge on any atom is -0.340 e. The fraction of sp³-hybridized carbons (Fsp3) is 0.389. The first kappa shape index (κ1) is 21.4. The van der Waals surface area contributed by atoms with Crippen molar-refractivity contribution in [3.05, 3.63) is 53.3 Å². The number of aromatic nitrogens is 2. The molecule has 0 aliphatic rings. The lowest BCUT2D eigenvalue weighted by Gasteiger charge is -2.22. The molecule has 2 rings (SSSR count). The van der Waals surface area contributed by atoms with Crippen LogP contribution in [0.1, 0.15) is 17.0 Å². The van der Waals surface area contributed by atoms with E-state index >= 15 is 0 Å². The molecule has 0 bridgehead atoms. The molecular weight excluding hydrogens is 356 g/mol. The molecule has 2 N–H and O–H groups in total. The zero-order valence-electron chi connectivity index (χ0n) is 14.6. The van der Waals surface area contributed by atoms with Crippen LogP contribution in [0.5, 0.6) is 0 Å². The Morgan fingerprint density at radius 1 is 1.12 bits per heavy atom. The normalized spacial score (nSPS) is 10.2. The van der Waals surface area contributed by atoms with Crippen LogP contribution in [0.25, 0.3) is 0 Å². The molecule has 7 heteroatoms. The average Bonchev–Trinajstić information content (AvgIpc) is 2.56. The zero-order valence-corrected chi connectivity index (χ0v) is 16.3. The van der Waals surface area contributed by atoms with Crippen molar-refractivity contribution >= 4 is 30.1 Å². The Kier molecular flexibility index (Phi) is 9.49. The minimum atomic E-state index is 0. The van der Waals surface area contributed by atoms with Gasteiger partial charge in [-0.05, 0) is 31.9 Å². The summed E-state index contributed by atoms with van der Waals surface area (Å²) in [5, 5.41) is 0.650. The molecule has 0 fully saturated rings. The lowest BCUT2D eigenvalue weighted by Crippen LogP contribution is -2.38. The molecule has 0 unspecified atom stereocenters. The number of benzene rings is 1. The number of rotatable bonds is 8. The van der Waals surface area contributed by atoms with Gasteiger partial charge in [-0.15, -0.1) is 12.4 Å². The average molecular weight is 381 g/mol. The van der Waals surface area contributed by atoms with Crippen LogP contribution in [0.2, 0.25) is 0 Å². The summed E-state index contributed by atoms with van der Waals surface area (Å²) in [6, 6.07) is 12.1. The molecule has 1 amide bonds. The number of nitrogens with two attached hydrogens (primary N) is 1. The quantitative estimate of drug-likeness (QED) is 0.563. The monoisotopic (exact) mass is 380 g/mol. The molecule has 136 valence electrons. The van der Waals surface area contributed by atoms with Crippen LogP contribution in [0.4, 0.5) is 0 Å². The van der Waals surface area contributed by atoms with E-state index in [2.05, 4.69) is 22.1 Å². The van der Waals surface area contributed by atoms with Crippen LogP contribution in [0.15, 0.2) is 41.6 Å². The van der Waals surface area contributed by atoms with Crippen LogP contribution < -0.4 is 5.73 Å². The predicted octanol–water partition coefficient (Wildman–Crippen LogP) is 2.64. The molecule has 0 saturated carbocycles. The topological polar surface area (TPSA) is 72.1 Å². The van der Waals surface area contributed by atoms with E-state index in [1.165, 1.54) is 17.3 Å². The van der Waals surface area contributed by atoms with Crippen molar-refractivity contribution in [3.8, 4) is 0 Å². The van der Waals surface area contributed by atoms with Gasteiger partial charge in [-0.3, -0.25) is 4.79 Å². The lowest BCUT2D eigenvalue weighted by atomic mass is 10.1. The van der Waals surface area contributed by atoms with E-state index in [1.807, 2.05) is 43.0 Å². The van der Waals surface area contributed by atoms with Gasteiger partial charge in [-0.2, -0.15) is 0 Å². The Morgan fingerprint density at radius 3 is 2.36 bits per heavy atom. The van der Waals surface area contributed by atoms with Crippen molar-refractivity contribution in [2.45, 2.75) is 25.4 Å². The predicted molar refractivity (Wildman–Crippen MR) is 105 cm³/mol. The maximum absolute atomic E-state index is 12.5. The summed E-state index contributed by atoms with van der Waals surface area (Å²) in [4.78, 5) is 23.0. The number of nitrogens with zero attached hydrogens (tertiary/aromatic N) is 3. The van der Waals surface area contributed by atoms with Gasteiger partial charge in [0, 0.05) is 31.0 Å². The van der Waals surface area contributed by atoms with Gasteiger partial charge in [0.15, 0.2) is 5.16 Å². The first-order chi connectivity index (χ1) is 11.6. The minimum absolute atomic E-state index is 0. The number of thioether (sulfide) groups is 1. The van der Waals surface area contributed by atoms with E-state index in [9.17, 15) is 4.79 Å². The molecule has 0 saturated heterocycles. The molecule has 5 nitrogen and oxygen atoms in total. The number of amides is 1. The second-order valence-corrected chi connectivity index (χ2v) is 6.57. The Labute approximate surface area is 159 Å². The van der Waals surface area contributed by atoms with Crippen LogP contribution in [0, 0.1) is 13.8 Å². The summed E-state index contributed by atoms with van der Waals surface area (Å²) in [6.45, 7) is 5.57. The van der Waals surface area contributed by atoms with Crippen molar-refractivity contribution in [2.75, 3.05) is 25.4 Å². The number of carbonyl (C=O) groups is 1. The third-order valence-electron chi connectivity index (χ3n) is 3.55. The van der Waals surface area contributed by atoms with Crippen molar-refractivity contribution in [1.29, 1.82) is 0 Å². The van der Waals surface area contributed by atoms with Gasteiger partial charge in [0.25, 0.3) is 0 Å². The maximum Gasteiger partial charge on any atom is 0.233 e. The van der Waals surface area contributed by atoms with E-state index < -0.39 is 0 Å². The van der Waals surface area contributed by atoms with E-state index in [1.54, 1.807) is 0 Å². The van der Waals surface area contributed by atoms with Crippen molar-refractivity contribution < 1.29 is 4.79 Å². The van der Waals surface area contributed by atoms with E-state index in [-0.39, 0.29) is 18.3 Å². The fourth-order valence-electron chi connectivity index (χ4n) is 2.40. The van der Waals surface area contributed by atoms with E-state index in [0.29, 0.717) is 30.5 Å². The highest BCUT2D eigenvalue weighted by Gasteiger charge is 2.14. The van der Waals surface area contributed by atoms with Crippen molar-refractivity contribution in [3.63, 3.8) is 0 Å². The highest BCUT2D eigenvalue weighted by molar-refractivity contribution is 7.99. The van der Waals surface area contributed by atoms with Gasteiger partial charge < -0.3 is 10.6 Å². The van der Waals surface area contributed by atoms with Crippen LogP contribution >= 0.6 is 24.2 Å². The molecule has 0 aliphatic heterocycles.